The minimum absolute atomic E-state index is 0.0863. The highest BCUT2D eigenvalue weighted by Crippen LogP contribution is 2.23. The molecule has 2 aromatic carbocycles. The quantitative estimate of drug-likeness (QED) is 0.781. The Balaban J connectivity index is 1.41. The number of ether oxygens (including phenoxy) is 1. The van der Waals surface area contributed by atoms with Gasteiger partial charge in [-0.15, -0.1) is 0 Å². The van der Waals surface area contributed by atoms with Gasteiger partial charge in [-0.2, -0.15) is 0 Å². The lowest BCUT2D eigenvalue weighted by atomic mass is 9.98. The molecule has 134 valence electrons. The van der Waals surface area contributed by atoms with Crippen LogP contribution in [-0.4, -0.2) is 49.1 Å². The Morgan fingerprint density at radius 1 is 1.04 bits per heavy atom. The van der Waals surface area contributed by atoms with Crippen molar-refractivity contribution >= 4 is 17.6 Å². The Morgan fingerprint density at radius 3 is 2.58 bits per heavy atom. The third-order valence-electron chi connectivity index (χ3n) is 5.13. The lowest BCUT2D eigenvalue weighted by molar-refractivity contribution is -0.141. The van der Waals surface area contributed by atoms with Gasteiger partial charge in [0.25, 0.3) is 5.91 Å². The molecule has 1 fully saturated rings. The van der Waals surface area contributed by atoms with Gasteiger partial charge in [0.05, 0.1) is 5.56 Å². The van der Waals surface area contributed by atoms with E-state index in [4.69, 9.17) is 4.74 Å². The van der Waals surface area contributed by atoms with Crippen LogP contribution in [0.5, 0.6) is 0 Å². The van der Waals surface area contributed by atoms with Gasteiger partial charge in [-0.05, 0) is 36.2 Å². The summed E-state index contributed by atoms with van der Waals surface area (Å²) in [5, 5.41) is 0. The van der Waals surface area contributed by atoms with E-state index in [1.54, 1.807) is 6.07 Å². The monoisotopic (exact) mass is 350 g/mol. The standard InChI is InChI=1S/C21H22N2O3/c1-15-5-4-7-17(13-15)22-9-11-23(12-10-22)20(24)19-14-16-6-2-3-8-18(16)21(25)26-19/h2-8,13,19H,9-12,14H2,1H3. The molecule has 2 aliphatic rings. The summed E-state index contributed by atoms with van der Waals surface area (Å²) in [6.07, 6.45) is -0.248. The molecule has 0 aromatic heterocycles. The smallest absolute Gasteiger partial charge is 0.339 e. The Labute approximate surface area is 153 Å². The molecule has 2 heterocycles. The summed E-state index contributed by atoms with van der Waals surface area (Å²) in [4.78, 5) is 29.1. The third kappa shape index (κ3) is 3.17. The second kappa shape index (κ2) is 6.83. The molecular formula is C21H22N2O3. The molecule has 5 nitrogen and oxygen atoms in total. The minimum atomic E-state index is -0.706. The average molecular weight is 350 g/mol. The average Bonchev–Trinajstić information content (AvgIpc) is 2.67. The third-order valence-corrected chi connectivity index (χ3v) is 5.13. The Hall–Kier alpha value is -2.82. The van der Waals surface area contributed by atoms with Crippen molar-refractivity contribution in [1.29, 1.82) is 0 Å². The van der Waals surface area contributed by atoms with Crippen molar-refractivity contribution in [3.05, 3.63) is 65.2 Å². The van der Waals surface area contributed by atoms with Gasteiger partial charge in [-0.25, -0.2) is 4.79 Å². The van der Waals surface area contributed by atoms with Gasteiger partial charge in [-0.1, -0.05) is 30.3 Å². The molecule has 1 amide bonds. The Bertz CT molecular complexity index is 841. The highest BCUT2D eigenvalue weighted by atomic mass is 16.5. The molecule has 1 saturated heterocycles. The van der Waals surface area contributed by atoms with E-state index >= 15 is 0 Å². The van der Waals surface area contributed by atoms with Crippen LogP contribution < -0.4 is 4.90 Å². The first kappa shape index (κ1) is 16.6. The summed E-state index contributed by atoms with van der Waals surface area (Å²) in [6, 6.07) is 15.7. The largest absolute Gasteiger partial charge is 0.448 e. The predicted molar refractivity (Wildman–Crippen MR) is 99.3 cm³/mol. The van der Waals surface area contributed by atoms with Crippen molar-refractivity contribution < 1.29 is 14.3 Å². The van der Waals surface area contributed by atoms with Crippen LogP contribution in [0.15, 0.2) is 48.5 Å². The zero-order valence-corrected chi connectivity index (χ0v) is 14.9. The SMILES string of the molecule is Cc1cccc(N2CCN(C(=O)C3Cc4ccccc4C(=O)O3)CC2)c1. The van der Waals surface area contributed by atoms with E-state index in [0.717, 1.165) is 18.7 Å². The van der Waals surface area contributed by atoms with E-state index in [0.29, 0.717) is 25.1 Å². The molecule has 0 spiro atoms. The number of fused-ring (bicyclic) bond motifs is 1. The molecule has 0 aliphatic carbocycles. The zero-order chi connectivity index (χ0) is 18.1. The zero-order valence-electron chi connectivity index (χ0n) is 14.9. The second-order valence-electron chi connectivity index (χ2n) is 6.91. The summed E-state index contributed by atoms with van der Waals surface area (Å²) < 4.78 is 5.41. The molecule has 1 atom stereocenters. The van der Waals surface area contributed by atoms with E-state index in [2.05, 4.69) is 36.1 Å². The Kier molecular flexibility index (Phi) is 4.37. The number of piperazine rings is 1. The second-order valence-corrected chi connectivity index (χ2v) is 6.91. The number of aryl methyl sites for hydroxylation is 1. The van der Waals surface area contributed by atoms with Gasteiger partial charge >= 0.3 is 5.97 Å². The van der Waals surface area contributed by atoms with E-state index in [1.807, 2.05) is 23.1 Å². The predicted octanol–water partition coefficient (Wildman–Crippen LogP) is 2.43. The number of hydrogen-bond acceptors (Lipinski definition) is 4. The summed E-state index contributed by atoms with van der Waals surface area (Å²) in [6.45, 7) is 4.93. The summed E-state index contributed by atoms with van der Waals surface area (Å²) >= 11 is 0. The molecule has 26 heavy (non-hydrogen) atoms. The number of hydrogen-bond donors (Lipinski definition) is 0. The fourth-order valence-corrected chi connectivity index (χ4v) is 3.68. The van der Waals surface area contributed by atoms with Crippen molar-refractivity contribution in [1.82, 2.24) is 4.90 Å². The van der Waals surface area contributed by atoms with Crippen LogP contribution in [-0.2, 0) is 16.0 Å². The number of amides is 1. The highest BCUT2D eigenvalue weighted by molar-refractivity contribution is 5.95. The minimum Gasteiger partial charge on any atom is -0.448 e. The maximum absolute atomic E-state index is 12.8. The molecule has 4 rings (SSSR count). The highest BCUT2D eigenvalue weighted by Gasteiger charge is 2.34. The van der Waals surface area contributed by atoms with Crippen molar-refractivity contribution in [2.45, 2.75) is 19.4 Å². The molecular weight excluding hydrogens is 328 g/mol. The van der Waals surface area contributed by atoms with Gasteiger partial charge in [-0.3, -0.25) is 4.79 Å². The van der Waals surface area contributed by atoms with Crippen LogP contribution in [0.25, 0.3) is 0 Å². The Morgan fingerprint density at radius 2 is 1.81 bits per heavy atom. The van der Waals surface area contributed by atoms with Crippen LogP contribution in [0.3, 0.4) is 0 Å². The van der Waals surface area contributed by atoms with Gasteiger partial charge in [0, 0.05) is 38.3 Å². The molecule has 0 bridgehead atoms. The number of nitrogens with zero attached hydrogens (tertiary/aromatic N) is 2. The molecule has 5 heteroatoms. The summed E-state index contributed by atoms with van der Waals surface area (Å²) in [7, 11) is 0. The first-order valence-electron chi connectivity index (χ1n) is 9.01. The fourth-order valence-electron chi connectivity index (χ4n) is 3.68. The topological polar surface area (TPSA) is 49.9 Å². The lowest BCUT2D eigenvalue weighted by Crippen LogP contribution is -2.53. The molecule has 0 N–H and O–H groups in total. The van der Waals surface area contributed by atoms with E-state index in [1.165, 1.54) is 11.3 Å². The van der Waals surface area contributed by atoms with Gasteiger partial charge < -0.3 is 14.5 Å². The van der Waals surface area contributed by atoms with E-state index in [-0.39, 0.29) is 5.91 Å². The van der Waals surface area contributed by atoms with Crippen molar-refractivity contribution in [2.75, 3.05) is 31.1 Å². The maximum Gasteiger partial charge on any atom is 0.339 e. The normalized spacial score (nSPS) is 19.7. The van der Waals surface area contributed by atoms with Crippen molar-refractivity contribution in [3.8, 4) is 0 Å². The number of esters is 1. The number of carbonyl (C=O) groups is 2. The van der Waals surface area contributed by atoms with Crippen LogP contribution in [0, 0.1) is 6.92 Å². The van der Waals surface area contributed by atoms with Crippen LogP contribution in [0.2, 0.25) is 0 Å². The summed E-state index contributed by atoms with van der Waals surface area (Å²) in [5.74, 6) is -0.486. The molecule has 2 aromatic rings. The molecule has 0 radical (unpaired) electrons. The van der Waals surface area contributed by atoms with E-state index < -0.39 is 12.1 Å². The fraction of sp³-hybridized carbons (Fsp3) is 0.333. The van der Waals surface area contributed by atoms with Gasteiger partial charge in [0.2, 0.25) is 0 Å². The molecule has 1 unspecified atom stereocenters. The van der Waals surface area contributed by atoms with Crippen molar-refractivity contribution in [2.24, 2.45) is 0 Å². The van der Waals surface area contributed by atoms with Gasteiger partial charge in [0.15, 0.2) is 6.10 Å². The van der Waals surface area contributed by atoms with Crippen molar-refractivity contribution in [3.63, 3.8) is 0 Å². The number of carbonyl (C=O) groups excluding carboxylic acids is 2. The van der Waals surface area contributed by atoms with Crippen LogP contribution in [0.4, 0.5) is 5.69 Å². The first-order chi connectivity index (χ1) is 12.6. The number of rotatable bonds is 2. The van der Waals surface area contributed by atoms with Gasteiger partial charge in [0.1, 0.15) is 0 Å². The first-order valence-corrected chi connectivity index (χ1v) is 9.01. The molecule has 0 saturated carbocycles. The number of anilines is 1. The number of benzene rings is 2. The van der Waals surface area contributed by atoms with E-state index in [9.17, 15) is 9.59 Å². The number of cyclic esters (lactones) is 1. The lowest BCUT2D eigenvalue weighted by Gasteiger charge is -2.38. The summed E-state index contributed by atoms with van der Waals surface area (Å²) in [5.41, 5.74) is 3.88. The van der Waals surface area contributed by atoms with Crippen LogP contribution in [0.1, 0.15) is 21.5 Å². The van der Waals surface area contributed by atoms with Crippen LogP contribution >= 0.6 is 0 Å². The maximum atomic E-state index is 12.8. The molecule has 2 aliphatic heterocycles.